The molecule has 1 aromatic heterocycles. The SMILES string of the molecule is Fc1c(I)ncnc1Oc1ccccc1Cl. The van der Waals surface area contributed by atoms with E-state index in [1.807, 2.05) is 0 Å². The molecular weight excluding hydrogens is 345 g/mol. The van der Waals surface area contributed by atoms with Gasteiger partial charge >= 0.3 is 0 Å². The van der Waals surface area contributed by atoms with E-state index in [9.17, 15) is 4.39 Å². The van der Waals surface area contributed by atoms with E-state index in [0.29, 0.717) is 10.8 Å². The van der Waals surface area contributed by atoms with Gasteiger partial charge in [0.15, 0.2) is 0 Å². The second kappa shape index (κ2) is 4.92. The van der Waals surface area contributed by atoms with Crippen LogP contribution >= 0.6 is 34.2 Å². The monoisotopic (exact) mass is 350 g/mol. The van der Waals surface area contributed by atoms with Gasteiger partial charge in [-0.25, -0.2) is 4.98 Å². The first-order chi connectivity index (χ1) is 7.68. The molecule has 6 heteroatoms. The zero-order valence-corrected chi connectivity index (χ0v) is 10.7. The van der Waals surface area contributed by atoms with Crippen molar-refractivity contribution in [2.45, 2.75) is 0 Å². The number of aromatic nitrogens is 2. The van der Waals surface area contributed by atoms with Crippen molar-refractivity contribution in [2.24, 2.45) is 0 Å². The fourth-order valence-electron chi connectivity index (χ4n) is 1.04. The van der Waals surface area contributed by atoms with Gasteiger partial charge in [-0.15, -0.1) is 0 Å². The van der Waals surface area contributed by atoms with Gasteiger partial charge in [0, 0.05) is 0 Å². The van der Waals surface area contributed by atoms with Gasteiger partial charge in [0.1, 0.15) is 15.8 Å². The Morgan fingerprint density at radius 1 is 1.25 bits per heavy atom. The zero-order valence-electron chi connectivity index (χ0n) is 7.82. The number of hydrogen-bond donors (Lipinski definition) is 0. The van der Waals surface area contributed by atoms with E-state index < -0.39 is 5.82 Å². The van der Waals surface area contributed by atoms with Crippen LogP contribution in [0.5, 0.6) is 11.6 Å². The van der Waals surface area contributed by atoms with Gasteiger partial charge in [0.05, 0.1) is 5.02 Å². The number of halogens is 3. The highest BCUT2D eigenvalue weighted by molar-refractivity contribution is 14.1. The van der Waals surface area contributed by atoms with E-state index in [1.165, 1.54) is 6.33 Å². The predicted octanol–water partition coefficient (Wildman–Crippen LogP) is 3.67. The molecule has 82 valence electrons. The second-order valence-corrected chi connectivity index (χ2v) is 4.25. The molecule has 0 saturated carbocycles. The number of nitrogens with zero attached hydrogens (tertiary/aromatic N) is 2. The lowest BCUT2D eigenvalue weighted by Crippen LogP contribution is -1.96. The standard InChI is InChI=1S/C10H5ClFIN2O/c11-6-3-1-2-4-7(6)16-10-8(12)9(13)14-5-15-10/h1-5H. The maximum absolute atomic E-state index is 13.5. The molecule has 1 heterocycles. The molecule has 0 radical (unpaired) electrons. The Balaban J connectivity index is 2.35. The third-order valence-corrected chi connectivity index (χ3v) is 2.82. The highest BCUT2D eigenvalue weighted by Gasteiger charge is 2.12. The molecule has 0 spiro atoms. The fraction of sp³-hybridized carbons (Fsp3) is 0. The molecule has 0 amide bonds. The highest BCUT2D eigenvalue weighted by atomic mass is 127. The predicted molar refractivity (Wildman–Crippen MR) is 66.2 cm³/mol. The Kier molecular flexibility index (Phi) is 3.55. The van der Waals surface area contributed by atoms with E-state index in [2.05, 4.69) is 9.97 Å². The Hall–Kier alpha value is -0.950. The lowest BCUT2D eigenvalue weighted by Gasteiger charge is -2.06. The smallest absolute Gasteiger partial charge is 0.260 e. The largest absolute Gasteiger partial charge is 0.435 e. The Morgan fingerprint density at radius 2 is 2.00 bits per heavy atom. The molecule has 0 fully saturated rings. The normalized spacial score (nSPS) is 10.2. The van der Waals surface area contributed by atoms with Crippen molar-refractivity contribution in [3.8, 4) is 11.6 Å². The van der Waals surface area contributed by atoms with Gasteiger partial charge in [0.2, 0.25) is 5.82 Å². The van der Waals surface area contributed by atoms with Crippen LogP contribution in [-0.4, -0.2) is 9.97 Å². The molecular formula is C10H5ClFIN2O. The highest BCUT2D eigenvalue weighted by Crippen LogP contribution is 2.29. The molecule has 2 rings (SSSR count). The quantitative estimate of drug-likeness (QED) is 0.612. The third kappa shape index (κ3) is 2.41. The molecule has 0 saturated heterocycles. The summed E-state index contributed by atoms with van der Waals surface area (Å²) in [6.45, 7) is 0. The average Bonchev–Trinajstić information content (AvgIpc) is 2.28. The van der Waals surface area contributed by atoms with E-state index in [0.717, 1.165) is 0 Å². The Morgan fingerprint density at radius 3 is 2.75 bits per heavy atom. The van der Waals surface area contributed by atoms with E-state index in [4.69, 9.17) is 16.3 Å². The van der Waals surface area contributed by atoms with Crippen LogP contribution in [0.15, 0.2) is 30.6 Å². The van der Waals surface area contributed by atoms with Gasteiger partial charge in [-0.2, -0.15) is 9.37 Å². The van der Waals surface area contributed by atoms with E-state index in [-0.39, 0.29) is 9.58 Å². The fourth-order valence-corrected chi connectivity index (χ4v) is 1.57. The van der Waals surface area contributed by atoms with Gasteiger partial charge < -0.3 is 4.74 Å². The maximum atomic E-state index is 13.5. The summed E-state index contributed by atoms with van der Waals surface area (Å²) < 4.78 is 19.0. The lowest BCUT2D eigenvalue weighted by atomic mass is 10.3. The minimum Gasteiger partial charge on any atom is -0.435 e. The summed E-state index contributed by atoms with van der Waals surface area (Å²) >= 11 is 7.64. The molecule has 2 aromatic rings. The van der Waals surface area contributed by atoms with Crippen molar-refractivity contribution >= 4 is 34.2 Å². The van der Waals surface area contributed by atoms with Crippen LogP contribution in [-0.2, 0) is 0 Å². The summed E-state index contributed by atoms with van der Waals surface area (Å²) in [5.74, 6) is -0.368. The molecule has 0 atom stereocenters. The summed E-state index contributed by atoms with van der Waals surface area (Å²) in [5.41, 5.74) is 0. The minimum atomic E-state index is -0.594. The topological polar surface area (TPSA) is 35.0 Å². The molecule has 0 aliphatic rings. The first-order valence-electron chi connectivity index (χ1n) is 4.27. The Labute approximate surface area is 110 Å². The second-order valence-electron chi connectivity index (χ2n) is 2.82. The van der Waals surface area contributed by atoms with Crippen molar-refractivity contribution in [1.82, 2.24) is 9.97 Å². The van der Waals surface area contributed by atoms with Crippen molar-refractivity contribution in [1.29, 1.82) is 0 Å². The van der Waals surface area contributed by atoms with Crippen molar-refractivity contribution in [3.05, 3.63) is 45.1 Å². The number of ether oxygens (including phenoxy) is 1. The van der Waals surface area contributed by atoms with Crippen LogP contribution in [0.3, 0.4) is 0 Å². The number of rotatable bonds is 2. The maximum Gasteiger partial charge on any atom is 0.260 e. The van der Waals surface area contributed by atoms with Gasteiger partial charge in [-0.05, 0) is 34.7 Å². The lowest BCUT2D eigenvalue weighted by molar-refractivity contribution is 0.417. The minimum absolute atomic E-state index is 0.132. The van der Waals surface area contributed by atoms with Crippen LogP contribution in [0.1, 0.15) is 0 Å². The van der Waals surface area contributed by atoms with Gasteiger partial charge in [0.25, 0.3) is 5.88 Å². The molecule has 0 bridgehead atoms. The zero-order chi connectivity index (χ0) is 11.5. The summed E-state index contributed by atoms with van der Waals surface area (Å²) in [4.78, 5) is 7.39. The van der Waals surface area contributed by atoms with Crippen LogP contribution < -0.4 is 4.74 Å². The van der Waals surface area contributed by atoms with Crippen LogP contribution in [0, 0.1) is 9.52 Å². The summed E-state index contributed by atoms with van der Waals surface area (Å²) in [5, 5.41) is 0.399. The third-order valence-electron chi connectivity index (χ3n) is 1.76. The van der Waals surface area contributed by atoms with Crippen molar-refractivity contribution in [2.75, 3.05) is 0 Å². The van der Waals surface area contributed by atoms with Gasteiger partial charge in [-0.3, -0.25) is 0 Å². The molecule has 1 aromatic carbocycles. The van der Waals surface area contributed by atoms with Gasteiger partial charge in [-0.1, -0.05) is 23.7 Å². The van der Waals surface area contributed by atoms with Crippen LogP contribution in [0.4, 0.5) is 4.39 Å². The van der Waals surface area contributed by atoms with E-state index in [1.54, 1.807) is 46.9 Å². The molecule has 16 heavy (non-hydrogen) atoms. The molecule has 0 aliphatic carbocycles. The number of benzene rings is 1. The molecule has 3 nitrogen and oxygen atoms in total. The number of hydrogen-bond acceptors (Lipinski definition) is 3. The summed E-state index contributed by atoms with van der Waals surface area (Å²) in [7, 11) is 0. The van der Waals surface area contributed by atoms with Crippen LogP contribution in [0.2, 0.25) is 5.02 Å². The van der Waals surface area contributed by atoms with Crippen molar-refractivity contribution in [3.63, 3.8) is 0 Å². The summed E-state index contributed by atoms with van der Waals surface area (Å²) in [6.07, 6.45) is 1.23. The van der Waals surface area contributed by atoms with E-state index >= 15 is 0 Å². The van der Waals surface area contributed by atoms with Crippen LogP contribution in [0.25, 0.3) is 0 Å². The average molecular weight is 351 g/mol. The number of para-hydroxylation sites is 1. The first kappa shape index (κ1) is 11.5. The first-order valence-corrected chi connectivity index (χ1v) is 5.72. The molecule has 0 aliphatic heterocycles. The Bertz CT molecular complexity index is 524. The molecule has 0 unspecified atom stereocenters. The molecule has 0 N–H and O–H groups in total. The summed E-state index contributed by atoms with van der Waals surface area (Å²) in [6, 6.07) is 6.79. The van der Waals surface area contributed by atoms with Crippen molar-refractivity contribution < 1.29 is 9.13 Å².